The van der Waals surface area contributed by atoms with Crippen LogP contribution in [0.2, 0.25) is 0 Å². The Bertz CT molecular complexity index is 529. The Kier molecular flexibility index (Phi) is 2.86. The number of hydrogen-bond donors (Lipinski definition) is 1. The number of aromatic nitrogens is 2. The lowest BCUT2D eigenvalue weighted by molar-refractivity contribution is 0.468. The maximum Gasteiger partial charge on any atom is 0.123 e. The molecule has 0 spiro atoms. The highest BCUT2D eigenvalue weighted by Crippen LogP contribution is 2.47. The second-order valence-corrected chi connectivity index (χ2v) is 5.06. The van der Waals surface area contributed by atoms with Gasteiger partial charge in [-0.1, -0.05) is 6.92 Å². The molecule has 0 saturated heterocycles. The summed E-state index contributed by atoms with van der Waals surface area (Å²) in [4.78, 5) is 0. The largest absolute Gasteiger partial charge is 0.464 e. The van der Waals surface area contributed by atoms with Crippen molar-refractivity contribution in [2.45, 2.75) is 39.3 Å². The smallest absolute Gasteiger partial charge is 0.123 e. The summed E-state index contributed by atoms with van der Waals surface area (Å²) in [6, 6.07) is 4.18. The van der Waals surface area contributed by atoms with Gasteiger partial charge >= 0.3 is 0 Å². The van der Waals surface area contributed by atoms with Gasteiger partial charge in [-0.15, -0.1) is 0 Å². The number of rotatable bonds is 5. The van der Waals surface area contributed by atoms with Gasteiger partial charge in [0.05, 0.1) is 18.4 Å². The van der Waals surface area contributed by atoms with Crippen LogP contribution in [0.3, 0.4) is 0 Å². The Hall–Kier alpha value is -1.71. The molecule has 4 heteroatoms. The van der Waals surface area contributed by atoms with E-state index in [1.54, 1.807) is 0 Å². The molecular formula is C14H19N3O. The van der Waals surface area contributed by atoms with E-state index in [1.807, 2.05) is 17.1 Å². The molecule has 1 N–H and O–H groups in total. The molecule has 1 fully saturated rings. The van der Waals surface area contributed by atoms with Gasteiger partial charge in [-0.25, -0.2) is 0 Å². The molecule has 2 aromatic heterocycles. The lowest BCUT2D eigenvalue weighted by atomic mass is 10.3. The van der Waals surface area contributed by atoms with Crippen molar-refractivity contribution < 1.29 is 4.42 Å². The summed E-state index contributed by atoms with van der Waals surface area (Å²) in [5, 5.41) is 7.55. The molecule has 2 heterocycles. The standard InChI is InChI=1S/C14H19N3O/c1-3-17-9-11(7-16-17)15-8-12-4-5-14(18-12)13-6-10(13)2/h4-5,7,9-10,13,15H,3,6,8H2,1-2H3. The van der Waals surface area contributed by atoms with Gasteiger partial charge in [0.25, 0.3) is 0 Å². The molecule has 1 saturated carbocycles. The van der Waals surface area contributed by atoms with E-state index < -0.39 is 0 Å². The molecule has 3 rings (SSSR count). The fourth-order valence-corrected chi connectivity index (χ4v) is 2.22. The van der Waals surface area contributed by atoms with E-state index in [1.165, 1.54) is 6.42 Å². The van der Waals surface area contributed by atoms with Crippen LogP contribution in [-0.2, 0) is 13.1 Å². The van der Waals surface area contributed by atoms with Crippen LogP contribution in [0.15, 0.2) is 28.9 Å². The summed E-state index contributed by atoms with van der Waals surface area (Å²) in [6.07, 6.45) is 5.12. The number of furan rings is 1. The number of nitrogens with one attached hydrogen (secondary N) is 1. The first-order chi connectivity index (χ1) is 8.76. The number of anilines is 1. The van der Waals surface area contributed by atoms with Crippen molar-refractivity contribution in [1.82, 2.24) is 9.78 Å². The number of hydrogen-bond acceptors (Lipinski definition) is 3. The molecule has 2 unspecified atom stereocenters. The summed E-state index contributed by atoms with van der Waals surface area (Å²) >= 11 is 0. The monoisotopic (exact) mass is 245 g/mol. The van der Waals surface area contributed by atoms with Crippen molar-refractivity contribution in [3.63, 3.8) is 0 Å². The summed E-state index contributed by atoms with van der Waals surface area (Å²) in [7, 11) is 0. The Balaban J connectivity index is 1.57. The second-order valence-electron chi connectivity index (χ2n) is 5.06. The summed E-state index contributed by atoms with van der Waals surface area (Å²) in [5.74, 6) is 3.58. The zero-order valence-corrected chi connectivity index (χ0v) is 10.9. The molecule has 1 aliphatic carbocycles. The van der Waals surface area contributed by atoms with E-state index >= 15 is 0 Å². The molecule has 0 aliphatic heterocycles. The average molecular weight is 245 g/mol. The van der Waals surface area contributed by atoms with Crippen LogP contribution in [0.1, 0.15) is 37.7 Å². The van der Waals surface area contributed by atoms with Crippen LogP contribution in [0.5, 0.6) is 0 Å². The first-order valence-electron chi connectivity index (χ1n) is 6.61. The lowest BCUT2D eigenvalue weighted by Gasteiger charge is -2.00. The van der Waals surface area contributed by atoms with Crippen LogP contribution in [-0.4, -0.2) is 9.78 Å². The quantitative estimate of drug-likeness (QED) is 0.879. The van der Waals surface area contributed by atoms with E-state index in [9.17, 15) is 0 Å². The van der Waals surface area contributed by atoms with Gasteiger partial charge < -0.3 is 9.73 Å². The summed E-state index contributed by atoms with van der Waals surface area (Å²) < 4.78 is 7.75. The lowest BCUT2D eigenvalue weighted by Crippen LogP contribution is -1.97. The number of aryl methyl sites for hydroxylation is 1. The third-order valence-corrected chi connectivity index (χ3v) is 3.58. The predicted octanol–water partition coefficient (Wildman–Crippen LogP) is 3.23. The molecule has 18 heavy (non-hydrogen) atoms. The maximum absolute atomic E-state index is 5.84. The Morgan fingerprint density at radius 2 is 2.33 bits per heavy atom. The Labute approximate surface area is 107 Å². The molecule has 96 valence electrons. The third kappa shape index (κ3) is 2.28. The molecule has 2 aromatic rings. The Morgan fingerprint density at radius 3 is 3.00 bits per heavy atom. The molecule has 0 radical (unpaired) electrons. The van der Waals surface area contributed by atoms with Crippen molar-refractivity contribution in [3.8, 4) is 0 Å². The molecular weight excluding hydrogens is 226 g/mol. The molecule has 4 nitrogen and oxygen atoms in total. The van der Waals surface area contributed by atoms with Gasteiger partial charge in [0.1, 0.15) is 11.5 Å². The molecule has 2 atom stereocenters. The second kappa shape index (κ2) is 4.52. The fourth-order valence-electron chi connectivity index (χ4n) is 2.22. The van der Waals surface area contributed by atoms with Crippen LogP contribution in [0.4, 0.5) is 5.69 Å². The van der Waals surface area contributed by atoms with Crippen LogP contribution in [0, 0.1) is 5.92 Å². The van der Waals surface area contributed by atoms with Crippen molar-refractivity contribution in [2.24, 2.45) is 5.92 Å². The normalized spacial score (nSPS) is 22.1. The van der Waals surface area contributed by atoms with Crippen LogP contribution < -0.4 is 5.32 Å². The van der Waals surface area contributed by atoms with Crippen molar-refractivity contribution in [3.05, 3.63) is 36.0 Å². The highest BCUT2D eigenvalue weighted by atomic mass is 16.3. The minimum atomic E-state index is 0.654. The Morgan fingerprint density at radius 1 is 1.50 bits per heavy atom. The van der Waals surface area contributed by atoms with Crippen molar-refractivity contribution in [2.75, 3.05) is 5.32 Å². The maximum atomic E-state index is 5.84. The van der Waals surface area contributed by atoms with E-state index in [0.29, 0.717) is 5.92 Å². The minimum absolute atomic E-state index is 0.654. The zero-order chi connectivity index (χ0) is 12.5. The average Bonchev–Trinajstić information content (AvgIpc) is 2.86. The molecule has 1 aliphatic rings. The highest BCUT2D eigenvalue weighted by Gasteiger charge is 2.36. The molecule has 0 aromatic carbocycles. The SMILES string of the molecule is CCn1cc(NCc2ccc(C3CC3C)o2)cn1. The van der Waals surface area contributed by atoms with Gasteiger partial charge in [0, 0.05) is 18.7 Å². The zero-order valence-electron chi connectivity index (χ0n) is 10.9. The first-order valence-corrected chi connectivity index (χ1v) is 6.61. The first kappa shape index (κ1) is 11.4. The number of nitrogens with zero attached hydrogens (tertiary/aromatic N) is 2. The highest BCUT2D eigenvalue weighted by molar-refractivity contribution is 5.38. The van der Waals surface area contributed by atoms with Gasteiger partial charge in [-0.3, -0.25) is 4.68 Å². The van der Waals surface area contributed by atoms with E-state index in [0.717, 1.165) is 36.2 Å². The van der Waals surface area contributed by atoms with Crippen LogP contribution >= 0.6 is 0 Å². The molecule has 0 bridgehead atoms. The summed E-state index contributed by atoms with van der Waals surface area (Å²) in [5.41, 5.74) is 1.04. The van der Waals surface area contributed by atoms with Gasteiger partial charge in [0.2, 0.25) is 0 Å². The van der Waals surface area contributed by atoms with Gasteiger partial charge in [-0.05, 0) is 31.4 Å². The molecule has 0 amide bonds. The minimum Gasteiger partial charge on any atom is -0.464 e. The van der Waals surface area contributed by atoms with Gasteiger partial charge in [-0.2, -0.15) is 5.10 Å². The fraction of sp³-hybridized carbons (Fsp3) is 0.500. The predicted molar refractivity (Wildman–Crippen MR) is 70.5 cm³/mol. The third-order valence-electron chi connectivity index (χ3n) is 3.58. The van der Waals surface area contributed by atoms with E-state index in [-0.39, 0.29) is 0 Å². The van der Waals surface area contributed by atoms with Gasteiger partial charge in [0.15, 0.2) is 0 Å². The van der Waals surface area contributed by atoms with Crippen molar-refractivity contribution >= 4 is 5.69 Å². The van der Waals surface area contributed by atoms with Crippen molar-refractivity contribution in [1.29, 1.82) is 0 Å². The topological polar surface area (TPSA) is 43.0 Å². The summed E-state index contributed by atoms with van der Waals surface area (Å²) in [6.45, 7) is 5.96. The van der Waals surface area contributed by atoms with Crippen LogP contribution in [0.25, 0.3) is 0 Å². The van der Waals surface area contributed by atoms with E-state index in [4.69, 9.17) is 4.42 Å². The van der Waals surface area contributed by atoms with E-state index in [2.05, 4.69) is 36.4 Å².